The third kappa shape index (κ3) is 3.19. The second-order valence-electron chi connectivity index (χ2n) is 5.93. The van der Waals surface area contributed by atoms with Crippen molar-refractivity contribution in [3.8, 4) is 0 Å². The van der Waals surface area contributed by atoms with Gasteiger partial charge < -0.3 is 15.7 Å². The maximum Gasteiger partial charge on any atom is 0.315 e. The van der Waals surface area contributed by atoms with Gasteiger partial charge in [-0.15, -0.1) is 0 Å². The van der Waals surface area contributed by atoms with Gasteiger partial charge in [0.15, 0.2) is 0 Å². The van der Waals surface area contributed by atoms with Crippen molar-refractivity contribution in [3.05, 3.63) is 35.4 Å². The summed E-state index contributed by atoms with van der Waals surface area (Å²) in [5.41, 5.74) is 2.16. The van der Waals surface area contributed by atoms with Crippen LogP contribution in [0.1, 0.15) is 36.4 Å². The smallest absolute Gasteiger partial charge is 0.315 e. The summed E-state index contributed by atoms with van der Waals surface area (Å²) in [6.07, 6.45) is 5.45. The minimum Gasteiger partial charge on any atom is -0.390 e. The number of thioether (sulfide) groups is 1. The van der Waals surface area contributed by atoms with E-state index in [1.807, 2.05) is 36.0 Å². The fourth-order valence-electron chi connectivity index (χ4n) is 3.40. The second kappa shape index (κ2) is 6.28. The Balaban J connectivity index is 1.58. The Morgan fingerprint density at radius 3 is 2.86 bits per heavy atom. The Kier molecular flexibility index (Phi) is 4.40. The lowest BCUT2D eigenvalue weighted by Gasteiger charge is -2.20. The number of aliphatic hydroxyl groups excluding tert-OH is 1. The number of benzene rings is 1. The van der Waals surface area contributed by atoms with Gasteiger partial charge in [0.05, 0.1) is 12.1 Å². The third-order valence-corrected chi connectivity index (χ3v) is 5.64. The molecule has 2 aliphatic rings. The van der Waals surface area contributed by atoms with Crippen molar-refractivity contribution in [1.82, 2.24) is 10.6 Å². The van der Waals surface area contributed by atoms with E-state index in [0.29, 0.717) is 11.7 Å². The minimum atomic E-state index is -0.532. The first-order chi connectivity index (χ1) is 10.2. The number of aliphatic hydroxyl groups is 1. The SMILES string of the molecule is CSC1CCC(NC(=O)NC2c3ccccc3CC2O)C1. The van der Waals surface area contributed by atoms with Crippen molar-refractivity contribution in [3.63, 3.8) is 0 Å². The van der Waals surface area contributed by atoms with Gasteiger partial charge in [0.1, 0.15) is 0 Å². The van der Waals surface area contributed by atoms with Crippen molar-refractivity contribution in [2.75, 3.05) is 6.26 Å². The predicted octanol–water partition coefficient (Wildman–Crippen LogP) is 2.23. The first kappa shape index (κ1) is 14.7. The lowest BCUT2D eigenvalue weighted by Crippen LogP contribution is -2.44. The first-order valence-corrected chi connectivity index (χ1v) is 8.82. The Labute approximate surface area is 129 Å². The normalized spacial score (nSPS) is 31.0. The van der Waals surface area contributed by atoms with Crippen molar-refractivity contribution >= 4 is 17.8 Å². The molecule has 21 heavy (non-hydrogen) atoms. The Bertz CT molecular complexity index is 523. The number of rotatable bonds is 3. The van der Waals surface area contributed by atoms with Gasteiger partial charge in [0.2, 0.25) is 0 Å². The van der Waals surface area contributed by atoms with E-state index in [1.54, 1.807) is 0 Å². The molecule has 0 bridgehead atoms. The zero-order valence-electron chi connectivity index (χ0n) is 12.2. The number of urea groups is 1. The van der Waals surface area contributed by atoms with Crippen LogP contribution in [0.3, 0.4) is 0 Å². The maximum atomic E-state index is 12.2. The molecule has 114 valence electrons. The van der Waals surface area contributed by atoms with Gasteiger partial charge in [0.25, 0.3) is 0 Å². The van der Waals surface area contributed by atoms with Crippen LogP contribution in [0.15, 0.2) is 24.3 Å². The number of hydrogen-bond donors (Lipinski definition) is 3. The van der Waals surface area contributed by atoms with Crippen molar-refractivity contribution < 1.29 is 9.90 Å². The average molecular weight is 306 g/mol. The molecule has 5 heteroatoms. The van der Waals surface area contributed by atoms with E-state index in [1.165, 1.54) is 6.42 Å². The molecule has 1 aromatic rings. The van der Waals surface area contributed by atoms with Gasteiger partial charge >= 0.3 is 6.03 Å². The minimum absolute atomic E-state index is 0.164. The van der Waals surface area contributed by atoms with Gasteiger partial charge in [-0.25, -0.2) is 4.79 Å². The van der Waals surface area contributed by atoms with Gasteiger partial charge in [-0.3, -0.25) is 0 Å². The van der Waals surface area contributed by atoms with Crippen molar-refractivity contribution in [2.24, 2.45) is 0 Å². The van der Waals surface area contributed by atoms with Crippen LogP contribution in [0.5, 0.6) is 0 Å². The molecule has 0 aromatic heterocycles. The Morgan fingerprint density at radius 1 is 1.29 bits per heavy atom. The largest absolute Gasteiger partial charge is 0.390 e. The molecule has 1 saturated carbocycles. The van der Waals surface area contributed by atoms with Crippen LogP contribution in [0, 0.1) is 0 Å². The number of carbonyl (C=O) groups is 1. The molecule has 2 aliphatic carbocycles. The molecule has 4 nitrogen and oxygen atoms in total. The Hall–Kier alpha value is -1.20. The first-order valence-electron chi connectivity index (χ1n) is 7.53. The quantitative estimate of drug-likeness (QED) is 0.802. The summed E-state index contributed by atoms with van der Waals surface area (Å²) in [6.45, 7) is 0. The van der Waals surface area contributed by atoms with Gasteiger partial charge in [-0.1, -0.05) is 24.3 Å². The second-order valence-corrected chi connectivity index (χ2v) is 7.07. The molecule has 0 radical (unpaired) electrons. The molecule has 0 aliphatic heterocycles. The predicted molar refractivity (Wildman–Crippen MR) is 85.5 cm³/mol. The summed E-state index contributed by atoms with van der Waals surface area (Å²) < 4.78 is 0. The lowest BCUT2D eigenvalue weighted by molar-refractivity contribution is 0.142. The fraction of sp³-hybridized carbons (Fsp3) is 0.562. The van der Waals surface area contributed by atoms with E-state index >= 15 is 0 Å². The molecular weight excluding hydrogens is 284 g/mol. The summed E-state index contributed by atoms with van der Waals surface area (Å²) in [5.74, 6) is 0. The summed E-state index contributed by atoms with van der Waals surface area (Å²) in [4.78, 5) is 12.2. The van der Waals surface area contributed by atoms with E-state index in [4.69, 9.17) is 0 Å². The average Bonchev–Trinajstić information content (AvgIpc) is 3.04. The number of amides is 2. The van der Waals surface area contributed by atoms with E-state index < -0.39 is 6.10 Å². The van der Waals surface area contributed by atoms with Gasteiger partial charge in [-0.2, -0.15) is 11.8 Å². The van der Waals surface area contributed by atoms with Crippen LogP contribution in [-0.2, 0) is 6.42 Å². The van der Waals surface area contributed by atoms with Crippen molar-refractivity contribution in [1.29, 1.82) is 0 Å². The molecule has 4 unspecified atom stereocenters. The molecule has 3 rings (SSSR count). The molecule has 1 fully saturated rings. The summed E-state index contributed by atoms with van der Waals surface area (Å²) in [5, 5.41) is 16.8. The van der Waals surface area contributed by atoms with E-state index in [-0.39, 0.29) is 18.1 Å². The number of hydrogen-bond acceptors (Lipinski definition) is 3. The molecule has 0 saturated heterocycles. The molecule has 1 aromatic carbocycles. The highest BCUT2D eigenvalue weighted by molar-refractivity contribution is 7.99. The summed E-state index contributed by atoms with van der Waals surface area (Å²) in [7, 11) is 0. The van der Waals surface area contributed by atoms with Crippen LogP contribution in [0.25, 0.3) is 0 Å². The summed E-state index contributed by atoms with van der Waals surface area (Å²) >= 11 is 1.88. The zero-order chi connectivity index (χ0) is 14.8. The van der Waals surface area contributed by atoms with Crippen molar-refractivity contribution in [2.45, 2.75) is 49.1 Å². The van der Waals surface area contributed by atoms with E-state index in [9.17, 15) is 9.90 Å². The van der Waals surface area contributed by atoms with Crippen LogP contribution in [0.4, 0.5) is 4.79 Å². The van der Waals surface area contributed by atoms with E-state index in [2.05, 4.69) is 16.9 Å². The standard InChI is InChI=1S/C16H22N2O2S/c1-21-12-7-6-11(9-12)17-16(20)18-15-13-5-3-2-4-10(13)8-14(15)19/h2-5,11-12,14-15,19H,6-9H2,1H3,(H2,17,18,20). The van der Waals surface area contributed by atoms with E-state index in [0.717, 1.165) is 24.0 Å². The molecule has 4 atom stereocenters. The number of carbonyl (C=O) groups excluding carboxylic acids is 1. The maximum absolute atomic E-state index is 12.2. The van der Waals surface area contributed by atoms with Crippen LogP contribution >= 0.6 is 11.8 Å². The topological polar surface area (TPSA) is 61.4 Å². The Morgan fingerprint density at radius 2 is 2.10 bits per heavy atom. The third-order valence-electron chi connectivity index (χ3n) is 4.54. The van der Waals surface area contributed by atoms with Crippen LogP contribution in [-0.4, -0.2) is 34.8 Å². The lowest BCUT2D eigenvalue weighted by atomic mass is 10.1. The van der Waals surface area contributed by atoms with Crippen LogP contribution < -0.4 is 10.6 Å². The summed E-state index contributed by atoms with van der Waals surface area (Å²) in [6, 6.07) is 7.71. The molecule has 0 spiro atoms. The molecule has 2 amide bonds. The highest BCUT2D eigenvalue weighted by atomic mass is 32.2. The number of fused-ring (bicyclic) bond motifs is 1. The monoisotopic (exact) mass is 306 g/mol. The highest BCUT2D eigenvalue weighted by Gasteiger charge is 2.33. The zero-order valence-corrected chi connectivity index (χ0v) is 13.0. The molecule has 0 heterocycles. The van der Waals surface area contributed by atoms with Gasteiger partial charge in [-0.05, 0) is 36.6 Å². The molecule has 3 N–H and O–H groups in total. The van der Waals surface area contributed by atoms with Gasteiger partial charge in [0, 0.05) is 17.7 Å². The number of nitrogens with one attached hydrogen (secondary N) is 2. The molecular formula is C16H22N2O2S. The highest BCUT2D eigenvalue weighted by Crippen LogP contribution is 2.31. The van der Waals surface area contributed by atoms with Crippen LogP contribution in [0.2, 0.25) is 0 Å². The fourth-order valence-corrected chi connectivity index (χ4v) is 4.20.